The zero-order valence-corrected chi connectivity index (χ0v) is 17.2. The molecule has 0 aliphatic carbocycles. The summed E-state index contributed by atoms with van der Waals surface area (Å²) in [5.74, 6) is 0. The third kappa shape index (κ3) is 4.18. The van der Waals surface area contributed by atoms with Crippen molar-refractivity contribution in [3.05, 3.63) is 66.2 Å². The van der Waals surface area contributed by atoms with Gasteiger partial charge in [0.2, 0.25) is 0 Å². The lowest BCUT2D eigenvalue weighted by molar-refractivity contribution is 0.951. The highest BCUT2D eigenvalue weighted by Crippen LogP contribution is 2.25. The maximum Gasteiger partial charge on any atom is 0.0758 e. The Morgan fingerprint density at radius 3 is 1.58 bits per heavy atom. The molecule has 1 nitrogen and oxygen atoms in total. The van der Waals surface area contributed by atoms with Crippen LogP contribution in [0.1, 0.15) is 38.8 Å². The normalized spacial score (nSPS) is 11.4. The van der Waals surface area contributed by atoms with E-state index in [4.69, 9.17) is 0 Å². The second-order valence-corrected chi connectivity index (χ2v) is 11.9. The first-order valence-corrected chi connectivity index (χ1v) is 10.8. The van der Waals surface area contributed by atoms with E-state index < -0.39 is 8.80 Å². The lowest BCUT2D eigenvalue weighted by atomic mass is 9.99. The summed E-state index contributed by atoms with van der Waals surface area (Å²) in [6.45, 7) is 13.8. The van der Waals surface area contributed by atoms with Crippen LogP contribution in [0, 0.1) is 0 Å². The Labute approximate surface area is 149 Å². The zero-order valence-electron chi connectivity index (χ0n) is 16.0. The van der Waals surface area contributed by atoms with Crippen molar-refractivity contribution < 1.29 is 0 Å². The van der Waals surface area contributed by atoms with Gasteiger partial charge in [-0.25, -0.2) is 0 Å². The molecule has 0 saturated carbocycles. The summed E-state index contributed by atoms with van der Waals surface area (Å²) in [6.07, 6.45) is 0. The molecule has 24 heavy (non-hydrogen) atoms. The molecule has 0 atom stereocenters. The van der Waals surface area contributed by atoms with Crippen LogP contribution in [0.5, 0.6) is 0 Å². The number of nitrogens with zero attached hydrogens (tertiary/aromatic N) is 1. The fraction of sp³-hybridized carbons (Fsp3) is 0.364. The van der Waals surface area contributed by atoms with Gasteiger partial charge in [-0.05, 0) is 39.9 Å². The molecule has 2 aromatic carbocycles. The van der Waals surface area contributed by atoms with Gasteiger partial charge in [0.05, 0.1) is 8.80 Å². The number of hydrogen-bond acceptors (Lipinski definition) is 1. The number of rotatable bonds is 6. The molecule has 0 heterocycles. The fourth-order valence-corrected chi connectivity index (χ4v) is 7.29. The Morgan fingerprint density at radius 1 is 0.792 bits per heavy atom. The van der Waals surface area contributed by atoms with Crippen LogP contribution in [0.4, 0.5) is 5.69 Å². The van der Waals surface area contributed by atoms with Crippen LogP contribution in [0.15, 0.2) is 55.1 Å². The minimum Gasteiger partial charge on any atom is -0.378 e. The Bertz CT molecular complexity index is 658. The molecule has 0 bridgehead atoms. The van der Waals surface area contributed by atoms with Crippen LogP contribution in [-0.2, 0) is 0 Å². The maximum absolute atomic E-state index is 4.31. The number of anilines is 1. The predicted molar refractivity (Wildman–Crippen MR) is 112 cm³/mol. The van der Waals surface area contributed by atoms with Crippen molar-refractivity contribution in [3.63, 3.8) is 0 Å². The van der Waals surface area contributed by atoms with Gasteiger partial charge in [0.15, 0.2) is 0 Å². The summed E-state index contributed by atoms with van der Waals surface area (Å²) >= 11 is 0. The van der Waals surface area contributed by atoms with E-state index in [2.05, 4.69) is 102 Å². The predicted octanol–water partition coefficient (Wildman–Crippen LogP) is 5.07. The van der Waals surface area contributed by atoms with Crippen molar-refractivity contribution in [1.29, 1.82) is 0 Å². The smallest absolute Gasteiger partial charge is 0.0758 e. The van der Waals surface area contributed by atoms with Gasteiger partial charge in [-0.15, -0.1) is 0 Å². The Morgan fingerprint density at radius 2 is 1.21 bits per heavy atom. The Balaban J connectivity index is 2.22. The largest absolute Gasteiger partial charge is 0.378 e. The molecular formula is C22H31NSi. The van der Waals surface area contributed by atoms with E-state index in [1.165, 1.54) is 16.8 Å². The zero-order chi connectivity index (χ0) is 17.9. The molecule has 0 aromatic heterocycles. The van der Waals surface area contributed by atoms with Gasteiger partial charge in [-0.3, -0.25) is 0 Å². The standard InChI is InChI=1S/C22H31NSi/c1-16(2)24(17(3)4)22-14-10-20(11-15-22)18(5)19-8-12-21(13-9-19)23(6)7/h8-17,24H,5H2,1-4,6-7H3. The number of hydrogen-bond donors (Lipinski definition) is 0. The van der Waals surface area contributed by atoms with Crippen LogP contribution in [-0.4, -0.2) is 22.9 Å². The maximum atomic E-state index is 4.31. The molecule has 0 fully saturated rings. The number of benzene rings is 2. The molecule has 2 aromatic rings. The molecule has 0 saturated heterocycles. The molecule has 0 N–H and O–H groups in total. The summed E-state index contributed by atoms with van der Waals surface area (Å²) in [5, 5.41) is 1.57. The molecule has 0 radical (unpaired) electrons. The monoisotopic (exact) mass is 337 g/mol. The second-order valence-electron chi connectivity index (χ2n) is 7.56. The van der Waals surface area contributed by atoms with Gasteiger partial charge in [0.1, 0.15) is 0 Å². The van der Waals surface area contributed by atoms with Gasteiger partial charge in [-0.1, -0.05) is 75.9 Å². The second kappa shape index (κ2) is 7.85. The summed E-state index contributed by atoms with van der Waals surface area (Å²) in [4.78, 5) is 2.12. The Hall–Kier alpha value is -1.80. The van der Waals surface area contributed by atoms with Crippen LogP contribution in [0.3, 0.4) is 0 Å². The highest BCUT2D eigenvalue weighted by Gasteiger charge is 2.21. The summed E-state index contributed by atoms with van der Waals surface area (Å²) in [5.41, 5.74) is 6.30. The van der Waals surface area contributed by atoms with Crippen molar-refractivity contribution in [3.8, 4) is 0 Å². The average Bonchev–Trinajstić information content (AvgIpc) is 2.54. The first kappa shape index (κ1) is 18.5. The minimum absolute atomic E-state index is 0.789. The van der Waals surface area contributed by atoms with Crippen molar-refractivity contribution >= 4 is 25.2 Å². The molecule has 128 valence electrons. The lowest BCUT2D eigenvalue weighted by Gasteiger charge is -2.24. The highest BCUT2D eigenvalue weighted by molar-refractivity contribution is 6.75. The minimum atomic E-state index is -0.918. The fourth-order valence-electron chi connectivity index (χ4n) is 3.57. The third-order valence-electron chi connectivity index (χ3n) is 4.81. The van der Waals surface area contributed by atoms with E-state index >= 15 is 0 Å². The average molecular weight is 338 g/mol. The quantitative estimate of drug-likeness (QED) is 0.665. The molecule has 0 unspecified atom stereocenters. The van der Waals surface area contributed by atoms with Crippen LogP contribution in [0.25, 0.3) is 5.57 Å². The molecule has 2 heteroatoms. The van der Waals surface area contributed by atoms with Crippen molar-refractivity contribution in [2.24, 2.45) is 0 Å². The first-order valence-electron chi connectivity index (χ1n) is 8.88. The molecule has 0 spiro atoms. The van der Waals surface area contributed by atoms with E-state index in [9.17, 15) is 0 Å². The third-order valence-corrected chi connectivity index (χ3v) is 8.84. The lowest BCUT2D eigenvalue weighted by Crippen LogP contribution is -2.35. The van der Waals surface area contributed by atoms with E-state index in [0.717, 1.165) is 16.7 Å². The van der Waals surface area contributed by atoms with Gasteiger partial charge < -0.3 is 4.90 Å². The van der Waals surface area contributed by atoms with Gasteiger partial charge in [-0.2, -0.15) is 0 Å². The van der Waals surface area contributed by atoms with Crippen LogP contribution >= 0.6 is 0 Å². The Kier molecular flexibility index (Phi) is 6.06. The molecule has 0 amide bonds. The van der Waals surface area contributed by atoms with Gasteiger partial charge >= 0.3 is 0 Å². The molecule has 0 aliphatic heterocycles. The highest BCUT2D eigenvalue weighted by atomic mass is 28.3. The molecule has 0 aliphatic rings. The van der Waals surface area contributed by atoms with E-state index in [1.807, 2.05) is 0 Å². The van der Waals surface area contributed by atoms with Crippen LogP contribution in [0.2, 0.25) is 11.1 Å². The summed E-state index contributed by atoms with van der Waals surface area (Å²) < 4.78 is 0. The topological polar surface area (TPSA) is 3.24 Å². The molecular weight excluding hydrogens is 306 g/mol. The van der Waals surface area contributed by atoms with E-state index in [-0.39, 0.29) is 0 Å². The summed E-state index contributed by atoms with van der Waals surface area (Å²) in [6, 6.07) is 17.8. The van der Waals surface area contributed by atoms with Crippen molar-refractivity contribution in [2.45, 2.75) is 38.8 Å². The van der Waals surface area contributed by atoms with Crippen LogP contribution < -0.4 is 10.1 Å². The first-order chi connectivity index (χ1) is 11.3. The summed E-state index contributed by atoms with van der Waals surface area (Å²) in [7, 11) is 3.21. The van der Waals surface area contributed by atoms with Gasteiger partial charge in [0, 0.05) is 19.8 Å². The van der Waals surface area contributed by atoms with E-state index in [0.29, 0.717) is 0 Å². The van der Waals surface area contributed by atoms with Gasteiger partial charge in [0.25, 0.3) is 0 Å². The SMILES string of the molecule is C=C(c1ccc(N(C)C)cc1)c1ccc([SiH](C(C)C)C(C)C)cc1. The van der Waals surface area contributed by atoms with Crippen molar-refractivity contribution in [2.75, 3.05) is 19.0 Å². The van der Waals surface area contributed by atoms with Crippen molar-refractivity contribution in [1.82, 2.24) is 0 Å². The molecule has 2 rings (SSSR count). The van der Waals surface area contributed by atoms with E-state index in [1.54, 1.807) is 5.19 Å².